The average Bonchev–Trinajstić information content (AvgIpc) is 3.04. The molecular weight excluding hydrogens is 364 g/mol. The van der Waals surface area contributed by atoms with Gasteiger partial charge in [0.15, 0.2) is 0 Å². The van der Waals surface area contributed by atoms with Crippen LogP contribution >= 0.6 is 23.2 Å². The number of pyridine rings is 1. The standard InChI is InChI=1S/C15H9Cl2F3N4/c16-10-3-1-8(2-4-10)12(14-22-7-23-24-14)13-11(17)5-9(6-21-13)15(18,19)20/h1-7,12H,(H,22,23,24)/t12-/m1/s1. The summed E-state index contributed by atoms with van der Waals surface area (Å²) in [6, 6.07) is 7.63. The molecule has 0 spiro atoms. The van der Waals surface area contributed by atoms with E-state index in [-0.39, 0.29) is 10.7 Å². The maximum absolute atomic E-state index is 12.8. The zero-order valence-electron chi connectivity index (χ0n) is 11.9. The summed E-state index contributed by atoms with van der Waals surface area (Å²) in [6.07, 6.45) is -2.46. The van der Waals surface area contributed by atoms with Crippen molar-refractivity contribution in [2.24, 2.45) is 0 Å². The number of aromatic nitrogens is 4. The van der Waals surface area contributed by atoms with E-state index in [4.69, 9.17) is 23.2 Å². The van der Waals surface area contributed by atoms with Gasteiger partial charge in [-0.05, 0) is 23.8 Å². The molecule has 24 heavy (non-hydrogen) atoms. The Bertz CT molecular complexity index is 833. The number of nitrogens with one attached hydrogen (secondary N) is 1. The van der Waals surface area contributed by atoms with Gasteiger partial charge in [0, 0.05) is 11.2 Å². The zero-order chi connectivity index (χ0) is 17.3. The third-order valence-electron chi connectivity index (χ3n) is 3.38. The fourth-order valence-corrected chi connectivity index (χ4v) is 2.67. The topological polar surface area (TPSA) is 54.5 Å². The molecule has 1 aromatic carbocycles. The highest BCUT2D eigenvalue weighted by atomic mass is 35.5. The summed E-state index contributed by atoms with van der Waals surface area (Å²) in [7, 11) is 0. The number of alkyl halides is 3. The number of aromatic amines is 1. The lowest BCUT2D eigenvalue weighted by Gasteiger charge is -2.17. The van der Waals surface area contributed by atoms with E-state index in [1.54, 1.807) is 24.3 Å². The van der Waals surface area contributed by atoms with E-state index in [0.717, 1.165) is 12.3 Å². The minimum atomic E-state index is -4.52. The summed E-state index contributed by atoms with van der Waals surface area (Å²) in [5.41, 5.74) is 0.0396. The van der Waals surface area contributed by atoms with Gasteiger partial charge in [0.2, 0.25) is 0 Å². The first-order valence-electron chi connectivity index (χ1n) is 6.69. The van der Waals surface area contributed by atoms with Gasteiger partial charge in [0.25, 0.3) is 0 Å². The van der Waals surface area contributed by atoms with Crippen LogP contribution in [0.15, 0.2) is 42.9 Å². The van der Waals surface area contributed by atoms with Crippen LogP contribution in [0.5, 0.6) is 0 Å². The lowest BCUT2D eigenvalue weighted by molar-refractivity contribution is -0.137. The van der Waals surface area contributed by atoms with Crippen LogP contribution < -0.4 is 0 Å². The maximum Gasteiger partial charge on any atom is 0.417 e. The van der Waals surface area contributed by atoms with Crippen molar-refractivity contribution < 1.29 is 13.2 Å². The first kappa shape index (κ1) is 16.7. The molecule has 0 fully saturated rings. The fourth-order valence-electron chi connectivity index (χ4n) is 2.27. The molecule has 124 valence electrons. The Hall–Kier alpha value is -2.12. The highest BCUT2D eigenvalue weighted by molar-refractivity contribution is 6.31. The molecule has 0 radical (unpaired) electrons. The summed E-state index contributed by atoms with van der Waals surface area (Å²) in [4.78, 5) is 8.01. The Labute approximate surface area is 144 Å². The summed E-state index contributed by atoms with van der Waals surface area (Å²) in [6.45, 7) is 0. The Morgan fingerprint density at radius 3 is 2.29 bits per heavy atom. The molecule has 0 saturated heterocycles. The molecule has 1 N–H and O–H groups in total. The molecule has 2 aromatic heterocycles. The van der Waals surface area contributed by atoms with Crippen molar-refractivity contribution in [1.82, 2.24) is 20.2 Å². The molecule has 2 heterocycles. The molecule has 0 amide bonds. The molecule has 3 rings (SSSR count). The predicted octanol–water partition coefficient (Wildman–Crippen LogP) is 4.71. The van der Waals surface area contributed by atoms with Crippen molar-refractivity contribution in [2.75, 3.05) is 0 Å². The quantitative estimate of drug-likeness (QED) is 0.724. The average molecular weight is 373 g/mol. The molecule has 9 heteroatoms. The lowest BCUT2D eigenvalue weighted by Crippen LogP contribution is -2.11. The molecule has 0 saturated carbocycles. The Morgan fingerprint density at radius 2 is 1.75 bits per heavy atom. The first-order valence-corrected chi connectivity index (χ1v) is 7.45. The molecule has 0 bridgehead atoms. The van der Waals surface area contributed by atoms with Crippen LogP contribution in [0, 0.1) is 0 Å². The van der Waals surface area contributed by atoms with Gasteiger partial charge in [0.05, 0.1) is 22.2 Å². The monoisotopic (exact) mass is 372 g/mol. The van der Waals surface area contributed by atoms with Gasteiger partial charge in [0.1, 0.15) is 12.2 Å². The third kappa shape index (κ3) is 3.37. The second-order valence-corrected chi connectivity index (χ2v) is 5.79. The number of nitrogens with zero attached hydrogens (tertiary/aromatic N) is 3. The van der Waals surface area contributed by atoms with E-state index in [2.05, 4.69) is 20.2 Å². The second kappa shape index (κ2) is 6.41. The predicted molar refractivity (Wildman–Crippen MR) is 83.0 cm³/mol. The summed E-state index contributed by atoms with van der Waals surface area (Å²) in [5, 5.41) is 6.91. The molecule has 0 unspecified atom stereocenters. The van der Waals surface area contributed by atoms with Gasteiger partial charge in [-0.3, -0.25) is 10.1 Å². The van der Waals surface area contributed by atoms with E-state index in [1.807, 2.05) is 0 Å². The number of halogens is 5. The minimum absolute atomic E-state index is 0.110. The zero-order valence-corrected chi connectivity index (χ0v) is 13.4. The SMILES string of the molecule is FC(F)(F)c1cnc([C@@H](c2ccc(Cl)cc2)c2ncn[nH]2)c(Cl)c1. The van der Waals surface area contributed by atoms with Crippen LogP contribution in [0.1, 0.15) is 28.6 Å². The largest absolute Gasteiger partial charge is 0.417 e. The van der Waals surface area contributed by atoms with Gasteiger partial charge in [-0.1, -0.05) is 35.3 Å². The molecule has 1 atom stereocenters. The second-order valence-electron chi connectivity index (χ2n) is 4.94. The summed E-state index contributed by atoms with van der Waals surface area (Å²) < 4.78 is 38.4. The van der Waals surface area contributed by atoms with Gasteiger partial charge >= 0.3 is 6.18 Å². The molecular formula is C15H9Cl2F3N4. The van der Waals surface area contributed by atoms with Crippen molar-refractivity contribution in [3.8, 4) is 0 Å². The molecule has 0 aliphatic rings. The number of hydrogen-bond acceptors (Lipinski definition) is 3. The third-order valence-corrected chi connectivity index (χ3v) is 3.94. The van der Waals surface area contributed by atoms with E-state index < -0.39 is 17.7 Å². The lowest BCUT2D eigenvalue weighted by atomic mass is 9.94. The van der Waals surface area contributed by atoms with Crippen LogP contribution in [0.2, 0.25) is 10.0 Å². The highest BCUT2D eigenvalue weighted by Gasteiger charge is 2.33. The van der Waals surface area contributed by atoms with E-state index >= 15 is 0 Å². The van der Waals surface area contributed by atoms with Gasteiger partial charge in [-0.25, -0.2) is 4.98 Å². The van der Waals surface area contributed by atoms with Crippen molar-refractivity contribution in [1.29, 1.82) is 0 Å². The molecule has 4 nitrogen and oxygen atoms in total. The number of H-pyrrole nitrogens is 1. The van der Waals surface area contributed by atoms with Gasteiger partial charge < -0.3 is 0 Å². The fraction of sp³-hybridized carbons (Fsp3) is 0.133. The first-order chi connectivity index (χ1) is 11.4. The van der Waals surface area contributed by atoms with Crippen LogP contribution in [-0.2, 0) is 6.18 Å². The molecule has 0 aliphatic heterocycles. The van der Waals surface area contributed by atoms with E-state index in [1.165, 1.54) is 6.33 Å². The van der Waals surface area contributed by atoms with Crippen LogP contribution in [0.3, 0.4) is 0 Å². The van der Waals surface area contributed by atoms with Gasteiger partial charge in [-0.2, -0.15) is 18.3 Å². The molecule has 3 aromatic rings. The number of rotatable bonds is 3. The van der Waals surface area contributed by atoms with Crippen molar-refractivity contribution in [3.05, 3.63) is 75.5 Å². The highest BCUT2D eigenvalue weighted by Crippen LogP contribution is 2.36. The summed E-state index contributed by atoms with van der Waals surface area (Å²) in [5.74, 6) is -0.189. The van der Waals surface area contributed by atoms with Gasteiger partial charge in [-0.15, -0.1) is 0 Å². The Morgan fingerprint density at radius 1 is 1.04 bits per heavy atom. The van der Waals surface area contributed by atoms with Crippen molar-refractivity contribution in [3.63, 3.8) is 0 Å². The smallest absolute Gasteiger partial charge is 0.262 e. The molecule has 0 aliphatic carbocycles. The van der Waals surface area contributed by atoms with E-state index in [0.29, 0.717) is 16.4 Å². The Balaban J connectivity index is 2.11. The van der Waals surface area contributed by atoms with E-state index in [9.17, 15) is 13.2 Å². The normalized spacial score (nSPS) is 13.0. The minimum Gasteiger partial charge on any atom is -0.262 e. The Kier molecular flexibility index (Phi) is 4.47. The van der Waals surface area contributed by atoms with Crippen molar-refractivity contribution >= 4 is 23.2 Å². The van der Waals surface area contributed by atoms with Crippen LogP contribution in [-0.4, -0.2) is 20.2 Å². The van der Waals surface area contributed by atoms with Crippen LogP contribution in [0.25, 0.3) is 0 Å². The summed E-state index contributed by atoms with van der Waals surface area (Å²) >= 11 is 12.0. The van der Waals surface area contributed by atoms with Crippen LogP contribution in [0.4, 0.5) is 13.2 Å². The number of benzene rings is 1. The maximum atomic E-state index is 12.8. The van der Waals surface area contributed by atoms with Crippen molar-refractivity contribution in [2.45, 2.75) is 12.1 Å². The number of hydrogen-bond donors (Lipinski definition) is 1.